The molecule has 0 radical (unpaired) electrons. The Kier molecular flexibility index (Phi) is 1.81. The number of hydrogen-bond acceptors (Lipinski definition) is 2. The fraction of sp³-hybridized carbons (Fsp3) is 0.250. The Morgan fingerprint density at radius 1 is 1.30 bits per heavy atom. The summed E-state index contributed by atoms with van der Waals surface area (Å²) in [6.45, 7) is 1.93. The number of benzene rings is 1. The fourth-order valence-electron chi connectivity index (χ4n) is 0.863. The number of para-hydroxylation sites is 1. The van der Waals surface area contributed by atoms with Crippen LogP contribution >= 0.6 is 0 Å². The van der Waals surface area contributed by atoms with E-state index in [2.05, 4.69) is 0 Å². The highest BCUT2D eigenvalue weighted by Crippen LogP contribution is 2.27. The van der Waals surface area contributed by atoms with E-state index in [0.29, 0.717) is 0 Å². The molecule has 2 nitrogen and oxygen atoms in total. The third-order valence-electron chi connectivity index (χ3n) is 1.48. The van der Waals surface area contributed by atoms with Crippen LogP contribution in [0.2, 0.25) is 0 Å². The van der Waals surface area contributed by atoms with Crippen molar-refractivity contribution in [3.63, 3.8) is 0 Å². The molecule has 0 fully saturated rings. The first-order chi connectivity index (χ1) is 4.75. The summed E-state index contributed by atoms with van der Waals surface area (Å²) in [7, 11) is 0. The van der Waals surface area contributed by atoms with Gasteiger partial charge in [0.15, 0.2) is 11.5 Å². The Bertz CT molecular complexity index is 231. The fourth-order valence-corrected chi connectivity index (χ4v) is 0.863. The zero-order valence-corrected chi connectivity index (χ0v) is 5.83. The van der Waals surface area contributed by atoms with Crippen LogP contribution in [0.15, 0.2) is 18.2 Å². The molecule has 0 unspecified atom stereocenters. The van der Waals surface area contributed by atoms with Crippen molar-refractivity contribution in [1.29, 1.82) is 0 Å². The molecule has 1 aromatic rings. The van der Waals surface area contributed by atoms with Crippen LogP contribution in [0.4, 0.5) is 0 Å². The highest BCUT2D eigenvalue weighted by Gasteiger charge is 2.01. The van der Waals surface area contributed by atoms with Crippen molar-refractivity contribution in [2.75, 3.05) is 0 Å². The van der Waals surface area contributed by atoms with Gasteiger partial charge in [-0.1, -0.05) is 19.1 Å². The van der Waals surface area contributed by atoms with Gasteiger partial charge in [0.2, 0.25) is 0 Å². The first-order valence-electron chi connectivity index (χ1n) is 3.25. The maximum absolute atomic E-state index is 9.15. The SMILES string of the molecule is CCc1cccc(O)c1O. The molecule has 0 aromatic heterocycles. The van der Waals surface area contributed by atoms with Crippen LogP contribution in [0.1, 0.15) is 12.5 Å². The molecular formula is C8H10O2. The van der Waals surface area contributed by atoms with Crippen LogP contribution in [0, 0.1) is 0 Å². The van der Waals surface area contributed by atoms with Gasteiger partial charge < -0.3 is 10.2 Å². The van der Waals surface area contributed by atoms with Crippen LogP contribution in [0.5, 0.6) is 11.5 Å². The third kappa shape index (κ3) is 1.05. The van der Waals surface area contributed by atoms with E-state index < -0.39 is 0 Å². The van der Waals surface area contributed by atoms with E-state index in [-0.39, 0.29) is 11.5 Å². The van der Waals surface area contributed by atoms with E-state index in [1.165, 1.54) is 6.07 Å². The van der Waals surface area contributed by atoms with E-state index in [1.807, 2.05) is 6.92 Å². The summed E-state index contributed by atoms with van der Waals surface area (Å²) in [5, 5.41) is 18.1. The molecule has 0 atom stereocenters. The Hall–Kier alpha value is -1.18. The van der Waals surface area contributed by atoms with Gasteiger partial charge in [-0.15, -0.1) is 0 Å². The number of aryl methyl sites for hydroxylation is 1. The molecule has 0 amide bonds. The molecule has 0 aliphatic heterocycles. The lowest BCUT2D eigenvalue weighted by Gasteiger charge is -2.01. The number of aromatic hydroxyl groups is 2. The van der Waals surface area contributed by atoms with Gasteiger partial charge in [-0.2, -0.15) is 0 Å². The van der Waals surface area contributed by atoms with Gasteiger partial charge in [0.25, 0.3) is 0 Å². The summed E-state index contributed by atoms with van der Waals surface area (Å²) in [6.07, 6.45) is 0.736. The summed E-state index contributed by atoms with van der Waals surface area (Å²) >= 11 is 0. The third-order valence-corrected chi connectivity index (χ3v) is 1.48. The van der Waals surface area contributed by atoms with Crippen LogP contribution in [-0.2, 0) is 6.42 Å². The van der Waals surface area contributed by atoms with Crippen molar-refractivity contribution in [2.24, 2.45) is 0 Å². The smallest absolute Gasteiger partial charge is 0.160 e. The van der Waals surface area contributed by atoms with Gasteiger partial charge in [0, 0.05) is 0 Å². The second-order valence-corrected chi connectivity index (χ2v) is 2.14. The minimum absolute atomic E-state index is 0.00463. The Balaban J connectivity index is 3.14. The zero-order chi connectivity index (χ0) is 7.56. The average Bonchev–Trinajstić information content (AvgIpc) is 1.95. The molecule has 10 heavy (non-hydrogen) atoms. The minimum Gasteiger partial charge on any atom is -0.504 e. The normalized spacial score (nSPS) is 9.70. The van der Waals surface area contributed by atoms with Gasteiger partial charge in [-0.05, 0) is 18.1 Å². The largest absolute Gasteiger partial charge is 0.504 e. The lowest BCUT2D eigenvalue weighted by molar-refractivity contribution is 0.400. The van der Waals surface area contributed by atoms with Crippen molar-refractivity contribution in [2.45, 2.75) is 13.3 Å². The highest BCUT2D eigenvalue weighted by atomic mass is 16.3. The Morgan fingerprint density at radius 3 is 2.50 bits per heavy atom. The number of phenolic OH excluding ortho intramolecular Hbond substituents is 2. The van der Waals surface area contributed by atoms with Gasteiger partial charge in [0.05, 0.1) is 0 Å². The van der Waals surface area contributed by atoms with Crippen molar-refractivity contribution >= 4 is 0 Å². The Morgan fingerprint density at radius 2 is 2.00 bits per heavy atom. The van der Waals surface area contributed by atoms with Gasteiger partial charge in [-0.3, -0.25) is 0 Å². The summed E-state index contributed by atoms with van der Waals surface area (Å²) in [4.78, 5) is 0. The topological polar surface area (TPSA) is 40.5 Å². The number of hydrogen-bond donors (Lipinski definition) is 2. The monoisotopic (exact) mass is 138 g/mol. The summed E-state index contributed by atoms with van der Waals surface area (Å²) in [6, 6.07) is 4.97. The number of phenols is 2. The van der Waals surface area contributed by atoms with Crippen LogP contribution < -0.4 is 0 Å². The molecule has 1 aromatic carbocycles. The first kappa shape index (κ1) is 6.93. The predicted octanol–water partition coefficient (Wildman–Crippen LogP) is 1.66. The van der Waals surface area contributed by atoms with E-state index in [1.54, 1.807) is 12.1 Å². The van der Waals surface area contributed by atoms with E-state index in [4.69, 9.17) is 10.2 Å². The lowest BCUT2D eigenvalue weighted by Crippen LogP contribution is -1.79. The lowest BCUT2D eigenvalue weighted by atomic mass is 10.1. The molecule has 54 valence electrons. The number of rotatable bonds is 1. The highest BCUT2D eigenvalue weighted by molar-refractivity contribution is 5.44. The molecular weight excluding hydrogens is 128 g/mol. The van der Waals surface area contributed by atoms with E-state index in [9.17, 15) is 0 Å². The van der Waals surface area contributed by atoms with Gasteiger partial charge in [0.1, 0.15) is 0 Å². The molecule has 0 aliphatic carbocycles. The van der Waals surface area contributed by atoms with Crippen LogP contribution in [-0.4, -0.2) is 10.2 Å². The van der Waals surface area contributed by atoms with Gasteiger partial charge >= 0.3 is 0 Å². The van der Waals surface area contributed by atoms with Crippen molar-refractivity contribution in [1.82, 2.24) is 0 Å². The Labute approximate surface area is 59.7 Å². The van der Waals surface area contributed by atoms with Gasteiger partial charge in [-0.25, -0.2) is 0 Å². The summed E-state index contributed by atoms with van der Waals surface area (Å²) in [5.74, 6) is -0.0376. The standard InChI is InChI=1S/C8H10O2/c1-2-6-4-3-5-7(9)8(6)10/h3-5,9-10H,2H2,1H3. The first-order valence-corrected chi connectivity index (χ1v) is 3.25. The molecule has 0 heterocycles. The molecule has 0 spiro atoms. The predicted molar refractivity (Wildman–Crippen MR) is 39.1 cm³/mol. The quantitative estimate of drug-likeness (QED) is 0.579. The summed E-state index contributed by atoms with van der Waals surface area (Å²) < 4.78 is 0. The molecule has 0 saturated carbocycles. The molecule has 0 bridgehead atoms. The van der Waals surface area contributed by atoms with Crippen LogP contribution in [0.3, 0.4) is 0 Å². The maximum atomic E-state index is 9.15. The molecule has 1 rings (SSSR count). The molecule has 0 aliphatic rings. The molecule has 0 saturated heterocycles. The van der Waals surface area contributed by atoms with E-state index >= 15 is 0 Å². The van der Waals surface area contributed by atoms with Crippen molar-refractivity contribution in [3.8, 4) is 11.5 Å². The van der Waals surface area contributed by atoms with Crippen LogP contribution in [0.25, 0.3) is 0 Å². The second kappa shape index (κ2) is 2.60. The summed E-state index contributed by atoms with van der Waals surface area (Å²) in [5.41, 5.74) is 0.778. The zero-order valence-electron chi connectivity index (χ0n) is 5.83. The second-order valence-electron chi connectivity index (χ2n) is 2.14. The van der Waals surface area contributed by atoms with Crippen molar-refractivity contribution < 1.29 is 10.2 Å². The molecule has 2 N–H and O–H groups in total. The van der Waals surface area contributed by atoms with Crippen molar-refractivity contribution in [3.05, 3.63) is 23.8 Å². The average molecular weight is 138 g/mol. The minimum atomic E-state index is -0.0423. The maximum Gasteiger partial charge on any atom is 0.160 e. The van der Waals surface area contributed by atoms with E-state index in [0.717, 1.165) is 12.0 Å². The molecule has 2 heteroatoms.